The van der Waals surface area contributed by atoms with Crippen molar-refractivity contribution in [3.63, 3.8) is 0 Å². The van der Waals surface area contributed by atoms with Gasteiger partial charge in [0.15, 0.2) is 0 Å². The predicted octanol–water partition coefficient (Wildman–Crippen LogP) is 3.11. The van der Waals surface area contributed by atoms with Crippen molar-refractivity contribution in [2.45, 2.75) is 20.8 Å². The summed E-state index contributed by atoms with van der Waals surface area (Å²) in [5.41, 5.74) is 7.42. The minimum Gasteiger partial charge on any atom is -0.495 e. The first kappa shape index (κ1) is 10.9. The molecule has 0 spiro atoms. The molecule has 0 aromatic heterocycles. The van der Waals surface area contributed by atoms with E-state index in [2.05, 4.69) is 11.7 Å². The summed E-state index contributed by atoms with van der Waals surface area (Å²) in [6.07, 6.45) is 1.57. The van der Waals surface area contributed by atoms with Crippen LogP contribution in [0.25, 0.3) is 0 Å². The van der Waals surface area contributed by atoms with Gasteiger partial charge < -0.3 is 4.74 Å². The molecule has 0 radical (unpaired) electrons. The van der Waals surface area contributed by atoms with Crippen molar-refractivity contribution < 1.29 is 4.74 Å². The van der Waals surface area contributed by atoms with Crippen molar-refractivity contribution >= 4 is 0 Å². The van der Waals surface area contributed by atoms with E-state index < -0.39 is 0 Å². The van der Waals surface area contributed by atoms with E-state index in [1.807, 2.05) is 20.8 Å². The summed E-state index contributed by atoms with van der Waals surface area (Å²) in [7, 11) is 1.55. The summed E-state index contributed by atoms with van der Waals surface area (Å²) in [6.45, 7) is 9.51. The smallest absolute Gasteiger partial charge is 0.142 e. The number of hydrogen-bond donors (Lipinski definition) is 1. The maximum atomic E-state index is 6.99. The Morgan fingerprint density at radius 2 is 2.00 bits per heavy atom. The third-order valence-electron chi connectivity index (χ3n) is 1.46. The monoisotopic (exact) mass is 168 g/mol. The molecule has 0 heterocycles. The molecule has 0 saturated heterocycles. The van der Waals surface area contributed by atoms with Gasteiger partial charge in [-0.15, -0.1) is 0 Å². The van der Waals surface area contributed by atoms with Crippen LogP contribution in [0.2, 0.25) is 0 Å². The molecule has 0 aromatic carbocycles. The van der Waals surface area contributed by atoms with Crippen molar-refractivity contribution in [1.82, 2.24) is 0 Å². The number of rotatable bonds is 3. The molecule has 0 unspecified atom stereocenters. The van der Waals surface area contributed by atoms with Gasteiger partial charge in [0, 0.05) is 5.41 Å². The maximum Gasteiger partial charge on any atom is 0.142 e. The average molecular weight is 168 g/mol. The standard InChI is InChI=1S/C9H16N2O/c1-6-7(12-5)8(11-10)9(2,3)4/h6,10H,1H2,2-5H3/b8-7-,11-10?. The molecule has 3 heteroatoms. The van der Waals surface area contributed by atoms with Gasteiger partial charge >= 0.3 is 0 Å². The molecule has 0 aliphatic heterocycles. The van der Waals surface area contributed by atoms with E-state index in [1.54, 1.807) is 13.2 Å². The van der Waals surface area contributed by atoms with Crippen LogP contribution in [0.15, 0.2) is 29.2 Å². The fraction of sp³-hybridized carbons (Fsp3) is 0.556. The molecule has 68 valence electrons. The van der Waals surface area contributed by atoms with Gasteiger partial charge in [-0.25, -0.2) is 5.53 Å². The van der Waals surface area contributed by atoms with Crippen molar-refractivity contribution in [2.75, 3.05) is 7.11 Å². The maximum absolute atomic E-state index is 6.99. The van der Waals surface area contributed by atoms with Gasteiger partial charge in [0.05, 0.1) is 7.11 Å². The summed E-state index contributed by atoms with van der Waals surface area (Å²) >= 11 is 0. The number of nitrogens with one attached hydrogen (secondary N) is 1. The topological polar surface area (TPSA) is 45.4 Å². The van der Waals surface area contributed by atoms with Crippen LogP contribution < -0.4 is 0 Å². The molecule has 0 fully saturated rings. The average Bonchev–Trinajstić information content (AvgIpc) is 1.97. The van der Waals surface area contributed by atoms with Crippen LogP contribution in [-0.4, -0.2) is 7.11 Å². The van der Waals surface area contributed by atoms with Crippen molar-refractivity contribution in [3.8, 4) is 0 Å². The van der Waals surface area contributed by atoms with E-state index in [4.69, 9.17) is 10.3 Å². The third kappa shape index (κ3) is 2.49. The fourth-order valence-electron chi connectivity index (χ4n) is 0.869. The number of ether oxygens (including phenoxy) is 1. The molecule has 12 heavy (non-hydrogen) atoms. The zero-order valence-corrected chi connectivity index (χ0v) is 8.14. The molecule has 0 atom stereocenters. The highest BCUT2D eigenvalue weighted by molar-refractivity contribution is 5.21. The molecule has 0 rings (SSSR count). The van der Waals surface area contributed by atoms with Crippen LogP contribution >= 0.6 is 0 Å². The Morgan fingerprint density at radius 1 is 1.50 bits per heavy atom. The van der Waals surface area contributed by atoms with Gasteiger partial charge in [-0.3, -0.25) is 0 Å². The van der Waals surface area contributed by atoms with Gasteiger partial charge in [0.25, 0.3) is 0 Å². The molecular formula is C9H16N2O. The van der Waals surface area contributed by atoms with E-state index in [0.717, 1.165) is 0 Å². The molecule has 0 bridgehead atoms. The Labute approximate surface area is 73.6 Å². The molecule has 1 N–H and O–H groups in total. The molecule has 0 saturated carbocycles. The highest BCUT2D eigenvalue weighted by Crippen LogP contribution is 2.29. The third-order valence-corrected chi connectivity index (χ3v) is 1.46. The van der Waals surface area contributed by atoms with Gasteiger partial charge in [0.1, 0.15) is 11.5 Å². The highest BCUT2D eigenvalue weighted by Gasteiger charge is 2.20. The van der Waals surface area contributed by atoms with Crippen LogP contribution in [0, 0.1) is 10.9 Å². The zero-order chi connectivity index (χ0) is 9.78. The van der Waals surface area contributed by atoms with Crippen LogP contribution in [0.1, 0.15) is 20.8 Å². The second kappa shape index (κ2) is 4.04. The van der Waals surface area contributed by atoms with Crippen LogP contribution in [0.5, 0.6) is 0 Å². The van der Waals surface area contributed by atoms with Gasteiger partial charge in [-0.1, -0.05) is 27.4 Å². The largest absolute Gasteiger partial charge is 0.495 e. The van der Waals surface area contributed by atoms with E-state index in [9.17, 15) is 0 Å². The SMILES string of the molecule is C=C/C(OC)=C(/N=N)C(C)(C)C. The summed E-state index contributed by atoms with van der Waals surface area (Å²) in [5.74, 6) is 0.567. The van der Waals surface area contributed by atoms with Crippen molar-refractivity contribution in [2.24, 2.45) is 10.5 Å². The lowest BCUT2D eigenvalue weighted by Crippen LogP contribution is -2.10. The van der Waals surface area contributed by atoms with Crippen LogP contribution in [-0.2, 0) is 4.74 Å². The normalized spacial score (nSPS) is 13.3. The highest BCUT2D eigenvalue weighted by atomic mass is 16.5. The van der Waals surface area contributed by atoms with E-state index >= 15 is 0 Å². The Bertz CT molecular complexity index is 211. The fourth-order valence-corrected chi connectivity index (χ4v) is 0.869. The molecule has 0 aromatic rings. The minimum absolute atomic E-state index is 0.179. The summed E-state index contributed by atoms with van der Waals surface area (Å²) in [4.78, 5) is 0. The van der Waals surface area contributed by atoms with Gasteiger partial charge in [-0.2, -0.15) is 5.11 Å². The van der Waals surface area contributed by atoms with Crippen molar-refractivity contribution in [1.29, 1.82) is 5.53 Å². The number of hydrogen-bond acceptors (Lipinski definition) is 3. The number of allylic oxidation sites excluding steroid dienone is 2. The van der Waals surface area contributed by atoms with Crippen LogP contribution in [0.3, 0.4) is 0 Å². The first-order valence-corrected chi connectivity index (χ1v) is 3.76. The van der Waals surface area contributed by atoms with Crippen LogP contribution in [0.4, 0.5) is 0 Å². The Morgan fingerprint density at radius 3 is 2.08 bits per heavy atom. The minimum atomic E-state index is -0.179. The molecule has 3 nitrogen and oxygen atoms in total. The number of nitrogens with zero attached hydrogens (tertiary/aromatic N) is 1. The van der Waals surface area contributed by atoms with Gasteiger partial charge in [0.2, 0.25) is 0 Å². The lowest BCUT2D eigenvalue weighted by molar-refractivity contribution is 0.287. The molecule has 0 amide bonds. The first-order valence-electron chi connectivity index (χ1n) is 3.76. The van der Waals surface area contributed by atoms with Gasteiger partial charge in [-0.05, 0) is 6.08 Å². The summed E-state index contributed by atoms with van der Waals surface area (Å²) in [6, 6.07) is 0. The van der Waals surface area contributed by atoms with E-state index in [1.165, 1.54) is 0 Å². The zero-order valence-electron chi connectivity index (χ0n) is 8.14. The lowest BCUT2D eigenvalue weighted by atomic mass is 9.91. The molecular weight excluding hydrogens is 152 g/mol. The second-order valence-electron chi connectivity index (χ2n) is 3.48. The van der Waals surface area contributed by atoms with E-state index in [-0.39, 0.29) is 5.41 Å². The quantitative estimate of drug-likeness (QED) is 0.393. The Balaban J connectivity index is 5.09. The Hall–Kier alpha value is -1.12. The van der Waals surface area contributed by atoms with E-state index in [0.29, 0.717) is 11.5 Å². The number of methoxy groups -OCH3 is 1. The molecule has 0 aliphatic rings. The predicted molar refractivity (Wildman–Crippen MR) is 48.8 cm³/mol. The first-order chi connectivity index (χ1) is 5.47. The lowest BCUT2D eigenvalue weighted by Gasteiger charge is -2.19. The van der Waals surface area contributed by atoms with Crippen molar-refractivity contribution in [3.05, 3.63) is 24.1 Å². The summed E-state index contributed by atoms with van der Waals surface area (Å²) in [5, 5.41) is 3.43. The molecule has 0 aliphatic carbocycles. The Kier molecular flexibility index (Phi) is 3.67. The second-order valence-corrected chi connectivity index (χ2v) is 3.48. The summed E-state index contributed by atoms with van der Waals surface area (Å²) < 4.78 is 5.03.